The van der Waals surface area contributed by atoms with Crippen LogP contribution < -0.4 is 10.9 Å². The van der Waals surface area contributed by atoms with Gasteiger partial charge in [0.25, 0.3) is 11.8 Å². The monoisotopic (exact) mass is 512 g/mol. The van der Waals surface area contributed by atoms with E-state index in [4.69, 9.17) is 0 Å². The van der Waals surface area contributed by atoms with Crippen LogP contribution in [0.4, 0.5) is 0 Å². The number of amides is 2. The van der Waals surface area contributed by atoms with Crippen molar-refractivity contribution in [1.82, 2.24) is 20.7 Å². The van der Waals surface area contributed by atoms with Gasteiger partial charge in [0.05, 0.1) is 0 Å². The summed E-state index contributed by atoms with van der Waals surface area (Å²) < 4.78 is 0.936. The molecule has 2 heterocycles. The third kappa shape index (κ3) is 8.24. The molecule has 1 aliphatic rings. The standard InChI is InChI=1S/C26H33BrN4O2/c1-2-3-4-5-6-7-8-15-31-16-13-20(14-17-31)9-12-25(32)29-30-26(33)24-19-21-18-22(27)10-11-23(21)28-24/h9-14,16,18-19,28H,2-8,15,17H2,1H3,(H,29,32)(H,30,33)/b12-9+. The first-order valence-electron chi connectivity index (χ1n) is 11.7. The number of unbranched alkanes of at least 4 members (excludes halogenated alkanes) is 6. The molecule has 3 N–H and O–H groups in total. The van der Waals surface area contributed by atoms with Gasteiger partial charge in [-0.15, -0.1) is 0 Å². The second-order valence-electron chi connectivity index (χ2n) is 8.33. The molecule has 0 unspecified atom stereocenters. The second-order valence-corrected chi connectivity index (χ2v) is 9.24. The van der Waals surface area contributed by atoms with E-state index in [0.717, 1.165) is 34.0 Å². The van der Waals surface area contributed by atoms with Crippen LogP contribution in [0, 0.1) is 0 Å². The van der Waals surface area contributed by atoms with Gasteiger partial charge in [-0.05, 0) is 54.6 Å². The number of rotatable bonds is 11. The highest BCUT2D eigenvalue weighted by atomic mass is 79.9. The maximum Gasteiger partial charge on any atom is 0.286 e. The first-order valence-corrected chi connectivity index (χ1v) is 12.5. The molecule has 3 rings (SSSR count). The van der Waals surface area contributed by atoms with Crippen LogP contribution in [-0.2, 0) is 4.79 Å². The lowest BCUT2D eigenvalue weighted by Crippen LogP contribution is -2.40. The summed E-state index contributed by atoms with van der Waals surface area (Å²) in [5.74, 6) is -0.788. The SMILES string of the molecule is CCCCCCCCCN1C=CC(/C=C/C(=O)NNC(=O)c2cc3cc(Br)ccc3[nH]2)=CC1. The van der Waals surface area contributed by atoms with E-state index >= 15 is 0 Å². The molecule has 176 valence electrons. The Balaban J connectivity index is 1.35. The topological polar surface area (TPSA) is 77.2 Å². The van der Waals surface area contributed by atoms with Crippen molar-refractivity contribution >= 4 is 38.6 Å². The van der Waals surface area contributed by atoms with Gasteiger partial charge in [-0.2, -0.15) is 0 Å². The molecular weight excluding hydrogens is 480 g/mol. The predicted octanol–water partition coefficient (Wildman–Crippen LogP) is 5.75. The summed E-state index contributed by atoms with van der Waals surface area (Å²) in [6, 6.07) is 7.45. The number of nitrogens with zero attached hydrogens (tertiary/aromatic N) is 1. The number of carbonyl (C=O) groups excluding carboxylic acids is 2. The largest absolute Gasteiger partial charge is 0.374 e. The number of H-pyrrole nitrogens is 1. The Morgan fingerprint density at radius 1 is 1.09 bits per heavy atom. The highest BCUT2D eigenvalue weighted by Crippen LogP contribution is 2.20. The van der Waals surface area contributed by atoms with Gasteiger partial charge in [0.2, 0.25) is 0 Å². The number of carbonyl (C=O) groups is 2. The molecule has 1 aliphatic heterocycles. The summed E-state index contributed by atoms with van der Waals surface area (Å²) in [5.41, 5.74) is 7.07. The van der Waals surface area contributed by atoms with Gasteiger partial charge < -0.3 is 9.88 Å². The molecule has 0 atom stereocenters. The van der Waals surface area contributed by atoms with Crippen LogP contribution in [0.3, 0.4) is 0 Å². The molecular formula is C26H33BrN4O2. The van der Waals surface area contributed by atoms with Gasteiger partial charge in [0.15, 0.2) is 0 Å². The molecule has 1 aromatic heterocycles. The molecule has 6 nitrogen and oxygen atoms in total. The Labute approximate surface area is 204 Å². The second kappa shape index (κ2) is 13.0. The summed E-state index contributed by atoms with van der Waals surface area (Å²) in [7, 11) is 0. The normalized spacial score (nSPS) is 13.5. The molecule has 0 fully saturated rings. The summed E-state index contributed by atoms with van der Waals surface area (Å²) in [4.78, 5) is 29.7. The Kier molecular flexibility index (Phi) is 9.81. The molecule has 2 amide bonds. The van der Waals surface area contributed by atoms with Crippen molar-refractivity contribution in [2.75, 3.05) is 13.1 Å². The van der Waals surface area contributed by atoms with E-state index in [0.29, 0.717) is 5.69 Å². The van der Waals surface area contributed by atoms with E-state index in [2.05, 4.69) is 55.9 Å². The molecule has 0 radical (unpaired) electrons. The van der Waals surface area contributed by atoms with Crippen LogP contribution >= 0.6 is 15.9 Å². The molecule has 7 heteroatoms. The average Bonchev–Trinajstić information content (AvgIpc) is 3.24. The Hall–Kier alpha value is -2.80. The quantitative estimate of drug-likeness (QED) is 0.203. The van der Waals surface area contributed by atoms with Crippen molar-refractivity contribution in [2.45, 2.75) is 51.9 Å². The summed E-state index contributed by atoms with van der Waals surface area (Å²) in [5, 5.41) is 0.915. The molecule has 0 saturated carbocycles. The highest BCUT2D eigenvalue weighted by Gasteiger charge is 2.10. The molecule has 0 bridgehead atoms. The van der Waals surface area contributed by atoms with E-state index in [9.17, 15) is 9.59 Å². The lowest BCUT2D eigenvalue weighted by atomic mass is 10.1. The number of allylic oxidation sites excluding steroid dienone is 3. The van der Waals surface area contributed by atoms with Crippen molar-refractivity contribution in [3.63, 3.8) is 0 Å². The van der Waals surface area contributed by atoms with E-state index in [1.807, 2.05) is 24.3 Å². The number of benzene rings is 1. The number of aromatic nitrogens is 1. The smallest absolute Gasteiger partial charge is 0.286 e. The van der Waals surface area contributed by atoms with Crippen molar-refractivity contribution in [3.05, 3.63) is 70.5 Å². The van der Waals surface area contributed by atoms with E-state index < -0.39 is 5.91 Å². The fraction of sp³-hybridized carbons (Fsp3) is 0.385. The van der Waals surface area contributed by atoms with E-state index in [1.54, 1.807) is 12.1 Å². The third-order valence-corrected chi connectivity index (χ3v) is 6.14. The van der Waals surface area contributed by atoms with Crippen molar-refractivity contribution in [1.29, 1.82) is 0 Å². The Morgan fingerprint density at radius 3 is 2.64 bits per heavy atom. The van der Waals surface area contributed by atoms with Crippen molar-refractivity contribution < 1.29 is 9.59 Å². The number of halogens is 1. The van der Waals surface area contributed by atoms with Gasteiger partial charge in [-0.3, -0.25) is 20.4 Å². The minimum absolute atomic E-state index is 0.381. The highest BCUT2D eigenvalue weighted by molar-refractivity contribution is 9.10. The zero-order chi connectivity index (χ0) is 23.5. The third-order valence-electron chi connectivity index (χ3n) is 5.64. The van der Waals surface area contributed by atoms with Gasteiger partial charge in [0, 0.05) is 34.5 Å². The number of hydrogen-bond donors (Lipinski definition) is 3. The molecule has 1 aromatic carbocycles. The summed E-state index contributed by atoms with van der Waals surface area (Å²) in [6.07, 6.45) is 18.5. The Bertz CT molecular complexity index is 1040. The summed E-state index contributed by atoms with van der Waals surface area (Å²) in [6.45, 7) is 4.16. The number of nitrogens with one attached hydrogen (secondary N) is 3. The van der Waals surface area contributed by atoms with Gasteiger partial charge in [-0.1, -0.05) is 67.5 Å². The van der Waals surface area contributed by atoms with Crippen LogP contribution in [0.5, 0.6) is 0 Å². The van der Waals surface area contributed by atoms with Crippen LogP contribution in [0.2, 0.25) is 0 Å². The number of hydrogen-bond acceptors (Lipinski definition) is 3. The molecule has 0 aliphatic carbocycles. The maximum atomic E-state index is 12.3. The minimum atomic E-state index is -0.401. The van der Waals surface area contributed by atoms with Crippen LogP contribution in [0.25, 0.3) is 10.9 Å². The number of hydrazine groups is 1. The van der Waals surface area contributed by atoms with Crippen LogP contribution in [-0.4, -0.2) is 34.8 Å². The number of fused-ring (bicyclic) bond motifs is 1. The molecule has 0 spiro atoms. The van der Waals surface area contributed by atoms with E-state index in [-0.39, 0.29) is 5.91 Å². The van der Waals surface area contributed by atoms with Crippen LogP contribution in [0.1, 0.15) is 62.4 Å². The van der Waals surface area contributed by atoms with Crippen molar-refractivity contribution in [3.8, 4) is 0 Å². The lowest BCUT2D eigenvalue weighted by Gasteiger charge is -2.21. The minimum Gasteiger partial charge on any atom is -0.374 e. The molecule has 2 aromatic rings. The fourth-order valence-electron chi connectivity index (χ4n) is 3.73. The first kappa shape index (κ1) is 24.8. The van der Waals surface area contributed by atoms with Crippen molar-refractivity contribution in [2.24, 2.45) is 0 Å². The zero-order valence-corrected chi connectivity index (χ0v) is 20.8. The lowest BCUT2D eigenvalue weighted by molar-refractivity contribution is -0.117. The summed E-state index contributed by atoms with van der Waals surface area (Å²) >= 11 is 3.41. The van der Waals surface area contributed by atoms with E-state index in [1.165, 1.54) is 51.0 Å². The molecule has 33 heavy (non-hydrogen) atoms. The zero-order valence-electron chi connectivity index (χ0n) is 19.2. The maximum absolute atomic E-state index is 12.3. The number of aromatic amines is 1. The first-order chi connectivity index (χ1) is 16.0. The van der Waals surface area contributed by atoms with Gasteiger partial charge in [0.1, 0.15) is 5.69 Å². The van der Waals surface area contributed by atoms with Gasteiger partial charge in [-0.25, -0.2) is 0 Å². The predicted molar refractivity (Wildman–Crippen MR) is 138 cm³/mol. The fourth-order valence-corrected chi connectivity index (χ4v) is 4.11. The van der Waals surface area contributed by atoms with Crippen LogP contribution in [0.15, 0.2) is 64.8 Å². The van der Waals surface area contributed by atoms with Gasteiger partial charge >= 0.3 is 0 Å². The Morgan fingerprint density at radius 2 is 1.88 bits per heavy atom. The average molecular weight is 513 g/mol. The molecule has 0 saturated heterocycles.